The first-order chi connectivity index (χ1) is 24.6. The van der Waals surface area contributed by atoms with Crippen LogP contribution < -0.4 is 5.73 Å². The number of primary amides is 1. The monoisotopic (exact) mass is 704 g/mol. The molecule has 0 aliphatic carbocycles. The van der Waals surface area contributed by atoms with Crippen molar-refractivity contribution < 1.29 is 4.79 Å². The van der Waals surface area contributed by atoms with Gasteiger partial charge in [0.25, 0.3) is 0 Å². The Kier molecular flexibility index (Phi) is 39.3. The molecule has 0 aliphatic heterocycles. The van der Waals surface area contributed by atoms with E-state index in [0.29, 0.717) is 5.92 Å². The highest BCUT2D eigenvalue weighted by Gasteiger charge is 2.42. The summed E-state index contributed by atoms with van der Waals surface area (Å²) in [4.78, 5) is 13.8. The number of hydrogen-bond donors (Lipinski definition) is 1. The lowest BCUT2D eigenvalue weighted by Gasteiger charge is -2.39. The van der Waals surface area contributed by atoms with E-state index in [4.69, 9.17) is 5.73 Å². The van der Waals surface area contributed by atoms with Crippen LogP contribution in [-0.2, 0) is 4.79 Å². The molecule has 2 heteroatoms. The fourth-order valence-corrected chi connectivity index (χ4v) is 8.76. The third-order valence-corrected chi connectivity index (χ3v) is 12.3. The van der Waals surface area contributed by atoms with Crippen molar-refractivity contribution in [3.05, 3.63) is 0 Å². The minimum atomic E-state index is -0.276. The van der Waals surface area contributed by atoms with Gasteiger partial charge >= 0.3 is 0 Å². The SMILES string of the molecule is CCCCCCCCCCCCC(CCCCCCCCC)C(CCCCCCCCCCCC)(CCCCCCCCCCCC)C(N)=O. The zero-order valence-corrected chi connectivity index (χ0v) is 35.6. The molecule has 0 aliphatic rings. The Morgan fingerprint density at radius 3 is 0.760 bits per heavy atom. The van der Waals surface area contributed by atoms with Crippen molar-refractivity contribution in [2.45, 2.75) is 291 Å². The first-order valence-electron chi connectivity index (χ1n) is 23.9. The quantitative estimate of drug-likeness (QED) is 0.0631. The summed E-state index contributed by atoms with van der Waals surface area (Å²) in [6.45, 7) is 9.23. The molecular weight excluding hydrogens is 607 g/mol. The van der Waals surface area contributed by atoms with E-state index in [1.807, 2.05) is 0 Å². The van der Waals surface area contributed by atoms with Gasteiger partial charge in [-0.25, -0.2) is 0 Å². The van der Waals surface area contributed by atoms with E-state index in [1.54, 1.807) is 0 Å². The Morgan fingerprint density at radius 2 is 0.540 bits per heavy atom. The van der Waals surface area contributed by atoms with Crippen LogP contribution in [0.15, 0.2) is 0 Å². The average Bonchev–Trinajstić information content (AvgIpc) is 3.11. The third-order valence-electron chi connectivity index (χ3n) is 12.3. The zero-order valence-electron chi connectivity index (χ0n) is 35.6. The number of nitrogens with two attached hydrogens (primary N) is 1. The highest BCUT2D eigenvalue weighted by atomic mass is 16.1. The van der Waals surface area contributed by atoms with Crippen LogP contribution in [0, 0.1) is 11.3 Å². The molecule has 0 radical (unpaired) electrons. The van der Waals surface area contributed by atoms with Gasteiger partial charge in [0.15, 0.2) is 0 Å². The van der Waals surface area contributed by atoms with Crippen molar-refractivity contribution >= 4 is 5.91 Å². The topological polar surface area (TPSA) is 43.1 Å². The molecule has 1 atom stereocenters. The fraction of sp³-hybridized carbons (Fsp3) is 0.979. The zero-order chi connectivity index (χ0) is 36.6. The normalized spacial score (nSPS) is 12.6. The molecule has 0 heterocycles. The highest BCUT2D eigenvalue weighted by Crippen LogP contribution is 2.44. The van der Waals surface area contributed by atoms with Crippen LogP contribution in [0.2, 0.25) is 0 Å². The summed E-state index contributed by atoms with van der Waals surface area (Å²) in [5, 5.41) is 0. The second kappa shape index (κ2) is 39.7. The van der Waals surface area contributed by atoms with Gasteiger partial charge in [-0.3, -0.25) is 4.79 Å². The molecule has 0 aromatic carbocycles. The maximum atomic E-state index is 13.8. The Hall–Kier alpha value is -0.530. The molecule has 300 valence electrons. The lowest BCUT2D eigenvalue weighted by atomic mass is 9.64. The van der Waals surface area contributed by atoms with Crippen LogP contribution in [0.1, 0.15) is 291 Å². The highest BCUT2D eigenvalue weighted by molar-refractivity contribution is 5.81. The molecule has 0 saturated carbocycles. The Morgan fingerprint density at radius 1 is 0.340 bits per heavy atom. The Labute approximate surface area is 317 Å². The van der Waals surface area contributed by atoms with Gasteiger partial charge < -0.3 is 5.73 Å². The summed E-state index contributed by atoms with van der Waals surface area (Å²) >= 11 is 0. The maximum Gasteiger partial charge on any atom is 0.223 e. The standard InChI is InChI=1S/C48H97NO/c1-5-9-13-17-21-24-27-31-35-39-43-46(42-38-34-30-20-16-12-8-4)48(47(49)50,44-40-36-32-28-25-22-18-14-10-6-2)45-41-37-33-29-26-23-19-15-11-7-3/h46H,5-45H2,1-4H3,(H2,49,50). The summed E-state index contributed by atoms with van der Waals surface area (Å²) in [5.41, 5.74) is 6.30. The summed E-state index contributed by atoms with van der Waals surface area (Å²) in [5.74, 6) is 0.547. The summed E-state index contributed by atoms with van der Waals surface area (Å²) in [6.07, 6.45) is 54.9. The molecule has 0 aromatic rings. The van der Waals surface area contributed by atoms with Crippen LogP contribution >= 0.6 is 0 Å². The lowest BCUT2D eigenvalue weighted by molar-refractivity contribution is -0.133. The van der Waals surface area contributed by atoms with Gasteiger partial charge in [0.05, 0.1) is 5.41 Å². The average molecular weight is 704 g/mol. The summed E-state index contributed by atoms with van der Waals surface area (Å²) < 4.78 is 0. The molecule has 0 fully saturated rings. The molecule has 1 unspecified atom stereocenters. The molecule has 1 amide bonds. The molecule has 2 nitrogen and oxygen atoms in total. The van der Waals surface area contributed by atoms with Crippen LogP contribution in [0.25, 0.3) is 0 Å². The Bertz CT molecular complexity index is 635. The van der Waals surface area contributed by atoms with Gasteiger partial charge in [-0.1, -0.05) is 265 Å². The molecule has 50 heavy (non-hydrogen) atoms. The summed E-state index contributed by atoms with van der Waals surface area (Å²) in [7, 11) is 0. The number of carbonyl (C=O) groups is 1. The number of carbonyl (C=O) groups excluding carboxylic acids is 1. The van der Waals surface area contributed by atoms with E-state index in [1.165, 1.54) is 250 Å². The number of hydrogen-bond acceptors (Lipinski definition) is 1. The van der Waals surface area contributed by atoms with Crippen LogP contribution in [0.4, 0.5) is 0 Å². The van der Waals surface area contributed by atoms with Crippen LogP contribution in [0.3, 0.4) is 0 Å². The van der Waals surface area contributed by atoms with Gasteiger partial charge in [-0.05, 0) is 31.6 Å². The van der Waals surface area contributed by atoms with Gasteiger partial charge in [-0.15, -0.1) is 0 Å². The van der Waals surface area contributed by atoms with Crippen LogP contribution in [0.5, 0.6) is 0 Å². The second-order valence-corrected chi connectivity index (χ2v) is 17.0. The maximum absolute atomic E-state index is 13.8. The second-order valence-electron chi connectivity index (χ2n) is 17.0. The van der Waals surface area contributed by atoms with E-state index in [9.17, 15) is 4.79 Å². The molecule has 2 N–H and O–H groups in total. The molecule has 0 bridgehead atoms. The van der Waals surface area contributed by atoms with Crippen molar-refractivity contribution in [2.75, 3.05) is 0 Å². The first-order valence-corrected chi connectivity index (χ1v) is 23.9. The minimum Gasteiger partial charge on any atom is -0.369 e. The van der Waals surface area contributed by atoms with E-state index in [-0.39, 0.29) is 11.3 Å². The van der Waals surface area contributed by atoms with Gasteiger partial charge in [0.1, 0.15) is 0 Å². The van der Waals surface area contributed by atoms with Crippen LogP contribution in [-0.4, -0.2) is 5.91 Å². The van der Waals surface area contributed by atoms with Crippen molar-refractivity contribution in [1.29, 1.82) is 0 Å². The molecular formula is C48H97NO. The fourth-order valence-electron chi connectivity index (χ4n) is 8.76. The van der Waals surface area contributed by atoms with Gasteiger partial charge in [0, 0.05) is 0 Å². The number of amides is 1. The number of unbranched alkanes of at least 4 members (excludes halogenated alkanes) is 33. The molecule has 0 saturated heterocycles. The predicted octanol–water partition coefficient (Wildman–Crippen LogP) is 17.1. The van der Waals surface area contributed by atoms with E-state index in [0.717, 1.165) is 12.8 Å². The van der Waals surface area contributed by atoms with Crippen molar-refractivity contribution in [2.24, 2.45) is 17.1 Å². The molecule has 0 spiro atoms. The van der Waals surface area contributed by atoms with Gasteiger partial charge in [0.2, 0.25) is 5.91 Å². The van der Waals surface area contributed by atoms with Gasteiger partial charge in [-0.2, -0.15) is 0 Å². The number of rotatable bonds is 43. The van der Waals surface area contributed by atoms with E-state index < -0.39 is 0 Å². The Balaban J connectivity index is 5.27. The minimum absolute atomic E-state index is 0.0596. The van der Waals surface area contributed by atoms with Crippen molar-refractivity contribution in [3.8, 4) is 0 Å². The third kappa shape index (κ3) is 30.0. The molecule has 0 aromatic heterocycles. The predicted molar refractivity (Wildman–Crippen MR) is 227 cm³/mol. The lowest BCUT2D eigenvalue weighted by Crippen LogP contribution is -2.43. The van der Waals surface area contributed by atoms with Crippen molar-refractivity contribution in [1.82, 2.24) is 0 Å². The summed E-state index contributed by atoms with van der Waals surface area (Å²) in [6, 6.07) is 0. The van der Waals surface area contributed by atoms with E-state index >= 15 is 0 Å². The van der Waals surface area contributed by atoms with E-state index in [2.05, 4.69) is 27.7 Å². The largest absolute Gasteiger partial charge is 0.369 e. The van der Waals surface area contributed by atoms with Crippen molar-refractivity contribution in [3.63, 3.8) is 0 Å². The smallest absolute Gasteiger partial charge is 0.223 e. The first kappa shape index (κ1) is 49.5. The molecule has 0 rings (SSSR count).